The minimum Gasteiger partial charge on any atom is -0.457 e. The van der Waals surface area contributed by atoms with E-state index in [0.29, 0.717) is 29.3 Å². The Kier molecular flexibility index (Phi) is 8.61. The Bertz CT molecular complexity index is 1170. The average Bonchev–Trinajstić information content (AvgIpc) is 2.82. The van der Waals surface area contributed by atoms with E-state index in [2.05, 4.69) is 10.6 Å². The number of para-hydroxylation sites is 1. The SMILES string of the molecule is CC(C)(C)CC(=O)NCCN(C(=O)Nc1ccc([N+](=O)[O-])cc1)c1ccc(Oc2ccccc2)cc1. The van der Waals surface area contributed by atoms with Crippen LogP contribution in [-0.2, 0) is 4.79 Å². The smallest absolute Gasteiger partial charge is 0.326 e. The van der Waals surface area contributed by atoms with Crippen LogP contribution in [0, 0.1) is 15.5 Å². The highest BCUT2D eigenvalue weighted by molar-refractivity contribution is 6.01. The van der Waals surface area contributed by atoms with Crippen molar-refractivity contribution in [2.45, 2.75) is 27.2 Å². The average molecular weight is 491 g/mol. The lowest BCUT2D eigenvalue weighted by molar-refractivity contribution is -0.384. The van der Waals surface area contributed by atoms with Gasteiger partial charge in [0.05, 0.1) is 4.92 Å². The van der Waals surface area contributed by atoms with Crippen molar-refractivity contribution in [3.8, 4) is 11.5 Å². The number of hydrogen-bond donors (Lipinski definition) is 2. The molecule has 36 heavy (non-hydrogen) atoms. The minimum atomic E-state index is -0.503. The number of benzene rings is 3. The summed E-state index contributed by atoms with van der Waals surface area (Å²) in [5, 5.41) is 16.5. The predicted octanol–water partition coefficient (Wildman–Crippen LogP) is 5.98. The van der Waals surface area contributed by atoms with Gasteiger partial charge in [-0.3, -0.25) is 19.8 Å². The van der Waals surface area contributed by atoms with Crippen LogP contribution in [0.2, 0.25) is 0 Å². The van der Waals surface area contributed by atoms with E-state index in [0.717, 1.165) is 0 Å². The third-order valence-corrected chi connectivity index (χ3v) is 5.05. The summed E-state index contributed by atoms with van der Waals surface area (Å²) in [4.78, 5) is 37.3. The molecule has 0 atom stereocenters. The number of carbonyl (C=O) groups is 2. The van der Waals surface area contributed by atoms with Gasteiger partial charge >= 0.3 is 6.03 Å². The van der Waals surface area contributed by atoms with Crippen molar-refractivity contribution < 1.29 is 19.2 Å². The number of ether oxygens (including phenoxy) is 1. The number of carbonyl (C=O) groups excluding carboxylic acids is 2. The number of hydrogen-bond acceptors (Lipinski definition) is 5. The Morgan fingerprint density at radius 2 is 1.53 bits per heavy atom. The van der Waals surface area contributed by atoms with Gasteiger partial charge in [-0.2, -0.15) is 0 Å². The first-order chi connectivity index (χ1) is 17.1. The second kappa shape index (κ2) is 11.8. The summed E-state index contributed by atoms with van der Waals surface area (Å²) >= 11 is 0. The molecule has 2 N–H and O–H groups in total. The summed E-state index contributed by atoms with van der Waals surface area (Å²) in [5.74, 6) is 1.21. The van der Waals surface area contributed by atoms with E-state index < -0.39 is 11.0 Å². The fourth-order valence-corrected chi connectivity index (χ4v) is 3.38. The molecule has 3 amide bonds. The van der Waals surface area contributed by atoms with Gasteiger partial charge in [0.25, 0.3) is 5.69 Å². The Hall–Kier alpha value is -4.40. The monoisotopic (exact) mass is 490 g/mol. The second-order valence-corrected chi connectivity index (χ2v) is 9.38. The predicted molar refractivity (Wildman–Crippen MR) is 140 cm³/mol. The van der Waals surface area contributed by atoms with Gasteiger partial charge in [-0.15, -0.1) is 0 Å². The van der Waals surface area contributed by atoms with Crippen molar-refractivity contribution in [3.05, 3.63) is 89.0 Å². The fraction of sp³-hybridized carbons (Fsp3) is 0.259. The normalized spacial score (nSPS) is 10.9. The molecular formula is C27H30N4O5. The van der Waals surface area contributed by atoms with Gasteiger partial charge in [-0.05, 0) is 53.9 Å². The molecule has 0 aromatic heterocycles. The number of nitrogens with one attached hydrogen (secondary N) is 2. The molecule has 0 saturated carbocycles. The number of rotatable bonds is 9. The standard InChI is InChI=1S/C27H30N4O5/c1-27(2,3)19-25(32)28-17-18-30(26(33)29-20-9-11-22(12-10-20)31(34)35)21-13-15-24(16-14-21)36-23-7-5-4-6-8-23/h4-16H,17-19H2,1-3H3,(H,28,32)(H,29,33). The highest BCUT2D eigenvalue weighted by Crippen LogP contribution is 2.25. The Labute approximate surface area is 210 Å². The molecule has 0 fully saturated rings. The molecule has 0 aliphatic carbocycles. The zero-order valence-corrected chi connectivity index (χ0v) is 20.6. The molecule has 0 radical (unpaired) electrons. The molecule has 0 aliphatic rings. The molecule has 0 saturated heterocycles. The van der Waals surface area contributed by atoms with Gasteiger partial charge in [0.1, 0.15) is 11.5 Å². The molecule has 9 heteroatoms. The van der Waals surface area contributed by atoms with Crippen LogP contribution in [0.1, 0.15) is 27.2 Å². The number of nitro groups is 1. The van der Waals surface area contributed by atoms with Crippen LogP contribution < -0.4 is 20.3 Å². The van der Waals surface area contributed by atoms with Crippen LogP contribution in [0.5, 0.6) is 11.5 Å². The van der Waals surface area contributed by atoms with Gasteiger partial charge in [-0.1, -0.05) is 39.0 Å². The van der Waals surface area contributed by atoms with E-state index in [-0.39, 0.29) is 30.1 Å². The van der Waals surface area contributed by atoms with E-state index in [1.807, 2.05) is 51.1 Å². The lowest BCUT2D eigenvalue weighted by Crippen LogP contribution is -2.41. The topological polar surface area (TPSA) is 114 Å². The van der Waals surface area contributed by atoms with Crippen molar-refractivity contribution in [1.29, 1.82) is 0 Å². The van der Waals surface area contributed by atoms with Crippen LogP contribution >= 0.6 is 0 Å². The molecule has 188 valence electrons. The maximum absolute atomic E-state index is 13.1. The van der Waals surface area contributed by atoms with E-state index >= 15 is 0 Å². The summed E-state index contributed by atoms with van der Waals surface area (Å²) < 4.78 is 5.83. The fourth-order valence-electron chi connectivity index (χ4n) is 3.38. The largest absolute Gasteiger partial charge is 0.457 e. The lowest BCUT2D eigenvalue weighted by atomic mass is 9.92. The third-order valence-electron chi connectivity index (χ3n) is 5.05. The minimum absolute atomic E-state index is 0.0691. The van der Waals surface area contributed by atoms with Crippen LogP contribution in [0.3, 0.4) is 0 Å². The van der Waals surface area contributed by atoms with Gasteiger partial charge in [0.15, 0.2) is 0 Å². The van der Waals surface area contributed by atoms with Crippen LogP contribution in [0.4, 0.5) is 21.9 Å². The molecule has 0 bridgehead atoms. The molecule has 3 aromatic rings. The van der Waals surface area contributed by atoms with Crippen molar-refractivity contribution in [1.82, 2.24) is 5.32 Å². The number of non-ortho nitro benzene ring substituents is 1. The number of urea groups is 1. The number of nitro benzene ring substituents is 1. The van der Waals surface area contributed by atoms with E-state index in [9.17, 15) is 19.7 Å². The van der Waals surface area contributed by atoms with Gasteiger partial charge in [0.2, 0.25) is 5.91 Å². The Morgan fingerprint density at radius 1 is 0.917 bits per heavy atom. The quantitative estimate of drug-likeness (QED) is 0.283. The first kappa shape index (κ1) is 26.2. The number of amides is 3. The van der Waals surface area contributed by atoms with Crippen molar-refractivity contribution in [3.63, 3.8) is 0 Å². The van der Waals surface area contributed by atoms with E-state index in [1.54, 1.807) is 24.3 Å². The van der Waals surface area contributed by atoms with E-state index in [1.165, 1.54) is 29.2 Å². The van der Waals surface area contributed by atoms with Crippen LogP contribution in [-0.4, -0.2) is 30.0 Å². The zero-order chi connectivity index (χ0) is 26.1. The molecule has 3 aromatic carbocycles. The summed E-state index contributed by atoms with van der Waals surface area (Å²) in [7, 11) is 0. The summed E-state index contributed by atoms with van der Waals surface area (Å²) in [6, 6.07) is 21.5. The first-order valence-corrected chi connectivity index (χ1v) is 11.5. The highest BCUT2D eigenvalue weighted by atomic mass is 16.6. The molecule has 0 aliphatic heterocycles. The summed E-state index contributed by atoms with van der Waals surface area (Å²) in [6.45, 7) is 6.42. The molecule has 0 spiro atoms. The van der Waals surface area contributed by atoms with Gasteiger partial charge in [0, 0.05) is 43.0 Å². The van der Waals surface area contributed by atoms with Gasteiger partial charge in [-0.25, -0.2) is 4.79 Å². The molecular weight excluding hydrogens is 460 g/mol. The Balaban J connectivity index is 1.73. The van der Waals surface area contributed by atoms with Gasteiger partial charge < -0.3 is 15.4 Å². The van der Waals surface area contributed by atoms with Crippen molar-refractivity contribution >= 4 is 29.0 Å². The van der Waals surface area contributed by atoms with Crippen LogP contribution in [0.15, 0.2) is 78.9 Å². The lowest BCUT2D eigenvalue weighted by Gasteiger charge is -2.24. The maximum atomic E-state index is 13.1. The first-order valence-electron chi connectivity index (χ1n) is 11.5. The summed E-state index contributed by atoms with van der Waals surface area (Å²) in [5.41, 5.74) is 0.794. The van der Waals surface area contributed by atoms with E-state index in [4.69, 9.17) is 4.74 Å². The van der Waals surface area contributed by atoms with Crippen molar-refractivity contribution in [2.24, 2.45) is 5.41 Å². The van der Waals surface area contributed by atoms with Crippen molar-refractivity contribution in [2.75, 3.05) is 23.3 Å². The number of anilines is 2. The number of nitrogens with zero attached hydrogens (tertiary/aromatic N) is 2. The second-order valence-electron chi connectivity index (χ2n) is 9.38. The highest BCUT2D eigenvalue weighted by Gasteiger charge is 2.19. The maximum Gasteiger partial charge on any atom is 0.326 e. The van der Waals surface area contributed by atoms with Crippen LogP contribution in [0.25, 0.3) is 0 Å². The Morgan fingerprint density at radius 3 is 2.11 bits per heavy atom. The molecule has 3 rings (SSSR count). The third kappa shape index (κ3) is 8.12. The summed E-state index contributed by atoms with van der Waals surface area (Å²) in [6.07, 6.45) is 0.369. The molecule has 9 nitrogen and oxygen atoms in total. The molecule has 0 unspecified atom stereocenters. The zero-order valence-electron chi connectivity index (χ0n) is 20.6. The molecule has 0 heterocycles.